The molecule has 0 radical (unpaired) electrons. The second-order valence-corrected chi connectivity index (χ2v) is 7.33. The fourth-order valence-electron chi connectivity index (χ4n) is 3.62. The summed E-state index contributed by atoms with van der Waals surface area (Å²) < 4.78 is 11.9. The first-order chi connectivity index (χ1) is 13.9. The van der Waals surface area contributed by atoms with Gasteiger partial charge >= 0.3 is 0 Å². The van der Waals surface area contributed by atoms with E-state index in [1.807, 2.05) is 37.8 Å². The number of hydrogen-bond acceptors (Lipinski definition) is 6. The van der Waals surface area contributed by atoms with Crippen LogP contribution in [0.15, 0.2) is 23.0 Å². The summed E-state index contributed by atoms with van der Waals surface area (Å²) in [7, 11) is 1.56. The standard InChI is InChI=1S/C21H28N4O4/c1-14-9-15(2)20(16(3)10-14)23-18(26)12-25-19(27)11-17(13-28-4)22-21(25)24-5-7-29-8-6-24/h9-11H,5-8,12-13H2,1-4H3,(H,23,26). The summed E-state index contributed by atoms with van der Waals surface area (Å²) in [6.07, 6.45) is 0. The maximum absolute atomic E-state index is 12.8. The van der Waals surface area contributed by atoms with Crippen molar-refractivity contribution in [1.82, 2.24) is 9.55 Å². The zero-order valence-electron chi connectivity index (χ0n) is 17.4. The van der Waals surface area contributed by atoms with Crippen LogP contribution in [0, 0.1) is 20.8 Å². The van der Waals surface area contributed by atoms with Crippen LogP contribution in [-0.2, 0) is 27.4 Å². The van der Waals surface area contributed by atoms with Crippen molar-refractivity contribution in [3.8, 4) is 0 Å². The molecule has 1 fully saturated rings. The van der Waals surface area contributed by atoms with Crippen molar-refractivity contribution in [3.05, 3.63) is 50.9 Å². The lowest BCUT2D eigenvalue weighted by atomic mass is 10.1. The van der Waals surface area contributed by atoms with E-state index in [0.29, 0.717) is 37.9 Å². The molecule has 1 amide bonds. The molecular weight excluding hydrogens is 372 g/mol. The highest BCUT2D eigenvalue weighted by Crippen LogP contribution is 2.22. The van der Waals surface area contributed by atoms with Gasteiger partial charge in [-0.15, -0.1) is 0 Å². The molecule has 2 aromatic rings. The Morgan fingerprint density at radius 3 is 2.45 bits per heavy atom. The average molecular weight is 400 g/mol. The molecule has 0 aliphatic carbocycles. The number of amides is 1. The van der Waals surface area contributed by atoms with Crippen LogP contribution in [0.2, 0.25) is 0 Å². The van der Waals surface area contributed by atoms with Crippen molar-refractivity contribution in [1.29, 1.82) is 0 Å². The zero-order valence-corrected chi connectivity index (χ0v) is 17.4. The van der Waals surface area contributed by atoms with Crippen molar-refractivity contribution in [2.24, 2.45) is 0 Å². The summed E-state index contributed by atoms with van der Waals surface area (Å²) in [6, 6.07) is 5.47. The Morgan fingerprint density at radius 2 is 1.83 bits per heavy atom. The minimum absolute atomic E-state index is 0.113. The topological polar surface area (TPSA) is 85.7 Å². The van der Waals surface area contributed by atoms with Crippen molar-refractivity contribution in [2.75, 3.05) is 43.6 Å². The van der Waals surface area contributed by atoms with E-state index >= 15 is 0 Å². The highest BCUT2D eigenvalue weighted by atomic mass is 16.5. The van der Waals surface area contributed by atoms with Gasteiger partial charge in [0.25, 0.3) is 5.56 Å². The third-order valence-corrected chi connectivity index (χ3v) is 4.87. The van der Waals surface area contributed by atoms with Gasteiger partial charge in [-0.1, -0.05) is 17.7 Å². The van der Waals surface area contributed by atoms with E-state index in [2.05, 4.69) is 10.3 Å². The van der Waals surface area contributed by atoms with E-state index in [-0.39, 0.29) is 24.6 Å². The van der Waals surface area contributed by atoms with Crippen LogP contribution < -0.4 is 15.8 Å². The third-order valence-electron chi connectivity index (χ3n) is 4.87. The predicted molar refractivity (Wildman–Crippen MR) is 112 cm³/mol. The third kappa shape index (κ3) is 5.02. The molecule has 1 aromatic carbocycles. The number of carbonyl (C=O) groups is 1. The van der Waals surface area contributed by atoms with Gasteiger partial charge in [-0.05, 0) is 31.9 Å². The first kappa shape index (κ1) is 21.0. The number of nitrogens with zero attached hydrogens (tertiary/aromatic N) is 3. The second kappa shape index (κ2) is 9.19. The number of aromatic nitrogens is 2. The van der Waals surface area contributed by atoms with Gasteiger partial charge in [0.1, 0.15) is 6.54 Å². The Kier molecular flexibility index (Phi) is 6.66. The van der Waals surface area contributed by atoms with Gasteiger partial charge in [-0.2, -0.15) is 0 Å². The van der Waals surface area contributed by atoms with E-state index in [0.717, 1.165) is 22.4 Å². The molecule has 29 heavy (non-hydrogen) atoms. The molecule has 1 N–H and O–H groups in total. The van der Waals surface area contributed by atoms with Crippen LogP contribution >= 0.6 is 0 Å². The van der Waals surface area contributed by atoms with Gasteiger partial charge in [0.05, 0.1) is 25.5 Å². The fraction of sp³-hybridized carbons (Fsp3) is 0.476. The van der Waals surface area contributed by atoms with Crippen LogP contribution in [-0.4, -0.2) is 48.9 Å². The number of rotatable bonds is 6. The van der Waals surface area contributed by atoms with E-state index in [1.165, 1.54) is 10.6 Å². The molecule has 0 atom stereocenters. The van der Waals surface area contributed by atoms with Crippen LogP contribution in [0.1, 0.15) is 22.4 Å². The molecule has 2 heterocycles. The van der Waals surface area contributed by atoms with Crippen molar-refractivity contribution < 1.29 is 14.3 Å². The Hall–Kier alpha value is -2.71. The van der Waals surface area contributed by atoms with Crippen LogP contribution in [0.3, 0.4) is 0 Å². The number of hydrogen-bond donors (Lipinski definition) is 1. The first-order valence-corrected chi connectivity index (χ1v) is 9.69. The van der Waals surface area contributed by atoms with E-state index in [9.17, 15) is 9.59 Å². The minimum atomic E-state index is -0.277. The van der Waals surface area contributed by atoms with Crippen molar-refractivity contribution in [2.45, 2.75) is 33.9 Å². The van der Waals surface area contributed by atoms with Crippen LogP contribution in [0.25, 0.3) is 0 Å². The molecule has 156 valence electrons. The molecular formula is C21H28N4O4. The summed E-state index contributed by atoms with van der Waals surface area (Å²) in [5.74, 6) is 0.207. The van der Waals surface area contributed by atoms with E-state index < -0.39 is 0 Å². The molecule has 0 spiro atoms. The number of nitrogens with one attached hydrogen (secondary N) is 1. The summed E-state index contributed by atoms with van der Waals surface area (Å²) in [5.41, 5.74) is 4.17. The maximum Gasteiger partial charge on any atom is 0.255 e. The van der Waals surface area contributed by atoms with Gasteiger partial charge in [0, 0.05) is 32.0 Å². The molecule has 1 aromatic heterocycles. The van der Waals surface area contributed by atoms with Crippen LogP contribution in [0.4, 0.5) is 11.6 Å². The average Bonchev–Trinajstić information content (AvgIpc) is 2.67. The quantitative estimate of drug-likeness (QED) is 0.796. The van der Waals surface area contributed by atoms with Gasteiger partial charge in [-0.25, -0.2) is 4.98 Å². The lowest BCUT2D eigenvalue weighted by Crippen LogP contribution is -2.42. The Bertz CT molecular complexity index is 925. The largest absolute Gasteiger partial charge is 0.378 e. The zero-order chi connectivity index (χ0) is 21.0. The highest BCUT2D eigenvalue weighted by Gasteiger charge is 2.20. The number of methoxy groups -OCH3 is 1. The molecule has 8 nitrogen and oxygen atoms in total. The van der Waals surface area contributed by atoms with Gasteiger partial charge in [0.2, 0.25) is 11.9 Å². The number of benzene rings is 1. The highest BCUT2D eigenvalue weighted by molar-refractivity contribution is 5.92. The SMILES string of the molecule is COCc1cc(=O)n(CC(=O)Nc2c(C)cc(C)cc2C)c(N2CCOCC2)n1. The first-order valence-electron chi connectivity index (χ1n) is 9.69. The lowest BCUT2D eigenvalue weighted by molar-refractivity contribution is -0.116. The number of anilines is 2. The number of aryl methyl sites for hydroxylation is 3. The Balaban J connectivity index is 1.89. The summed E-state index contributed by atoms with van der Waals surface area (Å²) >= 11 is 0. The number of ether oxygens (including phenoxy) is 2. The molecule has 1 aliphatic heterocycles. The molecule has 1 saturated heterocycles. The van der Waals surface area contributed by atoms with Gasteiger partial charge in [0.15, 0.2) is 0 Å². The van der Waals surface area contributed by atoms with Crippen LogP contribution in [0.5, 0.6) is 0 Å². The number of morpholine rings is 1. The smallest absolute Gasteiger partial charge is 0.255 e. The molecule has 8 heteroatoms. The van der Waals surface area contributed by atoms with Crippen molar-refractivity contribution in [3.63, 3.8) is 0 Å². The molecule has 0 saturated carbocycles. The van der Waals surface area contributed by atoms with E-state index in [1.54, 1.807) is 7.11 Å². The second-order valence-electron chi connectivity index (χ2n) is 7.33. The Morgan fingerprint density at radius 1 is 1.17 bits per heavy atom. The van der Waals surface area contributed by atoms with Gasteiger partial charge < -0.3 is 19.7 Å². The lowest BCUT2D eigenvalue weighted by Gasteiger charge is -2.29. The fourth-order valence-corrected chi connectivity index (χ4v) is 3.62. The van der Waals surface area contributed by atoms with Gasteiger partial charge in [-0.3, -0.25) is 14.2 Å². The molecule has 0 bridgehead atoms. The summed E-state index contributed by atoms with van der Waals surface area (Å²) in [5, 5.41) is 2.96. The van der Waals surface area contributed by atoms with Crippen molar-refractivity contribution >= 4 is 17.5 Å². The normalized spacial score (nSPS) is 14.1. The summed E-state index contributed by atoms with van der Waals surface area (Å²) in [6.45, 7) is 8.40. The molecule has 1 aliphatic rings. The number of carbonyl (C=O) groups excluding carboxylic acids is 1. The maximum atomic E-state index is 12.8. The Labute approximate surface area is 170 Å². The predicted octanol–water partition coefficient (Wildman–Crippen LogP) is 1.79. The molecule has 0 unspecified atom stereocenters. The monoisotopic (exact) mass is 400 g/mol. The van der Waals surface area contributed by atoms with E-state index in [4.69, 9.17) is 9.47 Å². The minimum Gasteiger partial charge on any atom is -0.378 e. The molecule has 3 rings (SSSR count). The summed E-state index contributed by atoms with van der Waals surface area (Å²) in [4.78, 5) is 32.1.